The van der Waals surface area contributed by atoms with E-state index in [1.54, 1.807) is 7.11 Å². The van der Waals surface area contributed by atoms with Crippen molar-refractivity contribution in [1.82, 2.24) is 9.55 Å². The van der Waals surface area contributed by atoms with Crippen molar-refractivity contribution in [3.8, 4) is 22.9 Å². The maximum atomic E-state index is 10.8. The van der Waals surface area contributed by atoms with Gasteiger partial charge in [-0.2, -0.15) is 0 Å². The van der Waals surface area contributed by atoms with Crippen LogP contribution in [0.25, 0.3) is 11.4 Å². The zero-order chi connectivity index (χ0) is 22.2. The van der Waals surface area contributed by atoms with Gasteiger partial charge in [0.15, 0.2) is 0 Å². The fourth-order valence-electron chi connectivity index (χ4n) is 3.59. The van der Waals surface area contributed by atoms with Crippen molar-refractivity contribution in [3.05, 3.63) is 66.0 Å². The number of hydrogen-bond acceptors (Lipinski definition) is 4. The summed E-state index contributed by atoms with van der Waals surface area (Å²) in [7, 11) is 1.66. The number of aryl methyl sites for hydroxylation is 1. The number of benzene rings is 2. The summed E-state index contributed by atoms with van der Waals surface area (Å²) in [5.41, 5.74) is 3.18. The van der Waals surface area contributed by atoms with Gasteiger partial charge in [0.05, 0.1) is 20.3 Å². The number of rotatable bonds is 11. The number of carbonyl (C=O) groups is 1. The van der Waals surface area contributed by atoms with E-state index in [9.17, 15) is 4.79 Å². The van der Waals surface area contributed by atoms with E-state index in [1.165, 1.54) is 0 Å². The number of carboxylic acid groups (broad SMARTS) is 1. The van der Waals surface area contributed by atoms with E-state index in [0.717, 1.165) is 47.0 Å². The normalized spacial score (nSPS) is 11.8. The summed E-state index contributed by atoms with van der Waals surface area (Å²) in [5, 5.41) is 8.89. The quantitative estimate of drug-likeness (QED) is 0.431. The number of imidazole rings is 1. The molecular weight excluding hydrogens is 392 g/mol. The molecule has 0 aliphatic rings. The maximum absolute atomic E-state index is 10.8. The van der Waals surface area contributed by atoms with Crippen LogP contribution >= 0.6 is 0 Å². The molecule has 0 saturated heterocycles. The first kappa shape index (κ1) is 22.4. The minimum Gasteiger partial charge on any atom is -0.497 e. The number of ether oxygens (including phenoxy) is 2. The van der Waals surface area contributed by atoms with Gasteiger partial charge in [0.25, 0.3) is 0 Å². The minimum atomic E-state index is -0.748. The van der Waals surface area contributed by atoms with E-state index >= 15 is 0 Å². The van der Waals surface area contributed by atoms with Gasteiger partial charge >= 0.3 is 5.97 Å². The van der Waals surface area contributed by atoms with E-state index in [0.29, 0.717) is 13.2 Å². The van der Waals surface area contributed by atoms with Crippen molar-refractivity contribution in [1.29, 1.82) is 0 Å². The zero-order valence-electron chi connectivity index (χ0n) is 18.4. The van der Waals surface area contributed by atoms with Crippen molar-refractivity contribution in [2.75, 3.05) is 13.7 Å². The average Bonchev–Trinajstić information content (AvgIpc) is 3.12. The van der Waals surface area contributed by atoms with Crippen molar-refractivity contribution in [2.45, 2.75) is 39.7 Å². The molecule has 31 heavy (non-hydrogen) atoms. The third kappa shape index (κ3) is 6.10. The molecular formula is C25H30N2O4. The Morgan fingerprint density at radius 2 is 1.90 bits per heavy atom. The Kier molecular flexibility index (Phi) is 7.70. The Balaban J connectivity index is 1.70. The van der Waals surface area contributed by atoms with Crippen LogP contribution in [-0.4, -0.2) is 34.3 Å². The number of aromatic nitrogens is 2. The van der Waals surface area contributed by atoms with Gasteiger partial charge in [-0.25, -0.2) is 4.98 Å². The summed E-state index contributed by atoms with van der Waals surface area (Å²) in [6.45, 7) is 5.23. The van der Waals surface area contributed by atoms with Gasteiger partial charge in [0.2, 0.25) is 0 Å². The second-order valence-corrected chi connectivity index (χ2v) is 7.84. The lowest BCUT2D eigenvalue weighted by Crippen LogP contribution is -2.09. The zero-order valence-corrected chi connectivity index (χ0v) is 18.4. The van der Waals surface area contributed by atoms with E-state index in [1.807, 2.05) is 62.5 Å². The summed E-state index contributed by atoms with van der Waals surface area (Å²) in [6.07, 6.45) is 3.73. The van der Waals surface area contributed by atoms with Crippen LogP contribution in [0.1, 0.15) is 37.4 Å². The highest BCUT2D eigenvalue weighted by molar-refractivity contribution is 5.66. The number of methoxy groups -OCH3 is 1. The molecule has 1 N–H and O–H groups in total. The van der Waals surface area contributed by atoms with Crippen LogP contribution in [-0.2, 0) is 11.3 Å². The lowest BCUT2D eigenvalue weighted by atomic mass is 10.0. The van der Waals surface area contributed by atoms with Gasteiger partial charge < -0.3 is 19.1 Å². The number of para-hydroxylation sites is 1. The van der Waals surface area contributed by atoms with Crippen molar-refractivity contribution < 1.29 is 19.4 Å². The third-order valence-electron chi connectivity index (χ3n) is 5.33. The molecule has 1 aromatic heterocycles. The van der Waals surface area contributed by atoms with E-state index in [-0.39, 0.29) is 12.3 Å². The molecule has 2 aromatic carbocycles. The van der Waals surface area contributed by atoms with Gasteiger partial charge in [-0.15, -0.1) is 0 Å². The molecule has 1 heterocycles. The predicted octanol–water partition coefficient (Wildman–Crippen LogP) is 5.19. The van der Waals surface area contributed by atoms with Crippen molar-refractivity contribution >= 4 is 5.97 Å². The Bertz CT molecular complexity index is 995. The molecule has 1 atom stereocenters. The van der Waals surface area contributed by atoms with Gasteiger partial charge in [-0.3, -0.25) is 4.79 Å². The van der Waals surface area contributed by atoms with Crippen LogP contribution in [0.15, 0.2) is 54.7 Å². The summed E-state index contributed by atoms with van der Waals surface area (Å²) < 4.78 is 13.5. The lowest BCUT2D eigenvalue weighted by Gasteiger charge is -2.15. The SMILES string of the molecule is COc1ccc(-c2ncc(C)n2Cc2ccccc2OCCCC(C)CC(=O)O)cc1. The van der Waals surface area contributed by atoms with Crippen LogP contribution in [0.2, 0.25) is 0 Å². The molecule has 3 aromatic rings. The number of hydrogen-bond donors (Lipinski definition) is 1. The number of nitrogens with zero attached hydrogens (tertiary/aromatic N) is 2. The first-order chi connectivity index (χ1) is 15.0. The predicted molar refractivity (Wildman–Crippen MR) is 121 cm³/mol. The second kappa shape index (κ2) is 10.7. The van der Waals surface area contributed by atoms with E-state index in [2.05, 4.69) is 15.6 Å². The average molecular weight is 423 g/mol. The van der Waals surface area contributed by atoms with Crippen molar-refractivity contribution in [3.63, 3.8) is 0 Å². The monoisotopic (exact) mass is 422 g/mol. The van der Waals surface area contributed by atoms with E-state index < -0.39 is 5.97 Å². The third-order valence-corrected chi connectivity index (χ3v) is 5.33. The Hall–Kier alpha value is -3.28. The van der Waals surface area contributed by atoms with E-state index in [4.69, 9.17) is 14.6 Å². The first-order valence-corrected chi connectivity index (χ1v) is 10.6. The molecule has 0 bridgehead atoms. The molecule has 3 rings (SSSR count). The van der Waals surface area contributed by atoms with Crippen LogP contribution in [0, 0.1) is 12.8 Å². The van der Waals surface area contributed by atoms with Gasteiger partial charge in [-0.05, 0) is 56.0 Å². The van der Waals surface area contributed by atoms with Gasteiger partial charge in [0.1, 0.15) is 17.3 Å². The molecule has 0 saturated carbocycles. The standard InChI is InChI=1S/C25H30N2O4/c1-18(15-24(28)29)7-6-14-31-23-9-5-4-8-21(23)17-27-19(2)16-26-25(27)20-10-12-22(30-3)13-11-20/h4-5,8-13,16,18H,6-7,14-15,17H2,1-3H3,(H,28,29). The second-order valence-electron chi connectivity index (χ2n) is 7.84. The topological polar surface area (TPSA) is 73.6 Å². The fraction of sp³-hybridized carbons (Fsp3) is 0.360. The Morgan fingerprint density at radius 1 is 1.16 bits per heavy atom. The Morgan fingerprint density at radius 3 is 2.61 bits per heavy atom. The Labute approximate surface area is 183 Å². The maximum Gasteiger partial charge on any atom is 0.303 e. The van der Waals surface area contributed by atoms with Crippen LogP contribution in [0.4, 0.5) is 0 Å². The van der Waals surface area contributed by atoms with Gasteiger partial charge in [-0.1, -0.05) is 25.1 Å². The molecule has 0 radical (unpaired) electrons. The molecule has 164 valence electrons. The summed E-state index contributed by atoms with van der Waals surface area (Å²) >= 11 is 0. The molecule has 6 heteroatoms. The molecule has 0 aliphatic carbocycles. The minimum absolute atomic E-state index is 0.150. The highest BCUT2D eigenvalue weighted by Crippen LogP contribution is 2.26. The largest absolute Gasteiger partial charge is 0.497 e. The van der Waals surface area contributed by atoms with Crippen molar-refractivity contribution in [2.24, 2.45) is 5.92 Å². The highest BCUT2D eigenvalue weighted by Gasteiger charge is 2.13. The molecule has 0 fully saturated rings. The molecule has 1 unspecified atom stereocenters. The molecule has 0 aliphatic heterocycles. The van der Waals surface area contributed by atoms with Crippen LogP contribution in [0.3, 0.4) is 0 Å². The number of aliphatic carboxylic acids is 1. The van der Waals surface area contributed by atoms with Crippen LogP contribution in [0.5, 0.6) is 11.5 Å². The smallest absolute Gasteiger partial charge is 0.303 e. The summed E-state index contributed by atoms with van der Waals surface area (Å²) in [5.74, 6) is 1.97. The van der Waals surface area contributed by atoms with Gasteiger partial charge in [0, 0.05) is 29.4 Å². The highest BCUT2D eigenvalue weighted by atomic mass is 16.5. The fourth-order valence-corrected chi connectivity index (χ4v) is 3.59. The first-order valence-electron chi connectivity index (χ1n) is 10.6. The number of carboxylic acids is 1. The van der Waals surface area contributed by atoms with Crippen LogP contribution < -0.4 is 9.47 Å². The summed E-state index contributed by atoms with van der Waals surface area (Å²) in [4.78, 5) is 15.4. The summed E-state index contributed by atoms with van der Waals surface area (Å²) in [6, 6.07) is 15.9. The molecule has 6 nitrogen and oxygen atoms in total. The molecule has 0 amide bonds. The lowest BCUT2D eigenvalue weighted by molar-refractivity contribution is -0.138. The molecule has 0 spiro atoms.